The van der Waals surface area contributed by atoms with Crippen molar-refractivity contribution in [3.05, 3.63) is 48.0 Å². The Labute approximate surface area is 190 Å². The number of sulfonamides is 2. The Balaban J connectivity index is 1.78. The number of ether oxygens (including phenoxy) is 2. The summed E-state index contributed by atoms with van der Waals surface area (Å²) >= 11 is 0. The summed E-state index contributed by atoms with van der Waals surface area (Å²) in [6.07, 6.45) is 0. The molecular weight excluding hydrogens is 452 g/mol. The summed E-state index contributed by atoms with van der Waals surface area (Å²) < 4.78 is 65.6. The van der Waals surface area contributed by atoms with Crippen LogP contribution in [0.15, 0.2) is 52.3 Å². The maximum absolute atomic E-state index is 13.2. The number of rotatable bonds is 6. The average molecular weight is 483 g/mol. The maximum atomic E-state index is 13.2. The van der Waals surface area contributed by atoms with Gasteiger partial charge in [-0.2, -0.15) is 8.61 Å². The van der Waals surface area contributed by atoms with Crippen LogP contribution in [0, 0.1) is 0 Å². The van der Waals surface area contributed by atoms with Gasteiger partial charge >= 0.3 is 0 Å². The summed E-state index contributed by atoms with van der Waals surface area (Å²) in [7, 11) is -4.75. The van der Waals surface area contributed by atoms with E-state index in [-0.39, 0.29) is 47.1 Å². The van der Waals surface area contributed by atoms with Crippen molar-refractivity contribution in [2.24, 2.45) is 0 Å². The second-order valence-electron chi connectivity index (χ2n) is 8.60. The molecule has 1 aliphatic rings. The van der Waals surface area contributed by atoms with E-state index < -0.39 is 20.0 Å². The zero-order valence-electron chi connectivity index (χ0n) is 19.0. The number of piperazine rings is 1. The number of nitrogens with zero attached hydrogens (tertiary/aromatic N) is 2. The molecule has 1 saturated heterocycles. The maximum Gasteiger partial charge on any atom is 0.246 e. The van der Waals surface area contributed by atoms with E-state index in [2.05, 4.69) is 20.8 Å². The van der Waals surface area contributed by atoms with E-state index in [0.29, 0.717) is 5.75 Å². The molecule has 0 aliphatic carbocycles. The lowest BCUT2D eigenvalue weighted by atomic mass is 9.87. The molecule has 1 fully saturated rings. The number of hydrogen-bond donors (Lipinski definition) is 0. The fourth-order valence-electron chi connectivity index (χ4n) is 3.55. The van der Waals surface area contributed by atoms with Crippen molar-refractivity contribution in [2.75, 3.05) is 40.4 Å². The summed E-state index contributed by atoms with van der Waals surface area (Å²) in [5.41, 5.74) is 0.961. The normalized spacial score (nSPS) is 16.7. The van der Waals surface area contributed by atoms with Crippen molar-refractivity contribution in [3.63, 3.8) is 0 Å². The van der Waals surface area contributed by atoms with Gasteiger partial charge < -0.3 is 9.47 Å². The predicted octanol–water partition coefficient (Wildman–Crippen LogP) is 2.70. The van der Waals surface area contributed by atoms with Gasteiger partial charge in [0.2, 0.25) is 20.0 Å². The highest BCUT2D eigenvalue weighted by atomic mass is 32.2. The van der Waals surface area contributed by atoms with Crippen LogP contribution in [0.2, 0.25) is 0 Å². The molecule has 2 aromatic rings. The van der Waals surface area contributed by atoms with Crippen LogP contribution in [0.25, 0.3) is 0 Å². The second kappa shape index (κ2) is 9.01. The summed E-state index contributed by atoms with van der Waals surface area (Å²) in [5.74, 6) is 0.601. The molecule has 0 atom stereocenters. The summed E-state index contributed by atoms with van der Waals surface area (Å²) in [4.78, 5) is 0.199. The Morgan fingerprint density at radius 3 is 1.75 bits per heavy atom. The van der Waals surface area contributed by atoms with Crippen molar-refractivity contribution < 1.29 is 26.3 Å². The van der Waals surface area contributed by atoms with E-state index >= 15 is 0 Å². The van der Waals surface area contributed by atoms with Gasteiger partial charge in [0, 0.05) is 32.2 Å². The third-order valence-electron chi connectivity index (χ3n) is 5.54. The van der Waals surface area contributed by atoms with E-state index in [1.54, 1.807) is 18.2 Å². The minimum atomic E-state index is -3.89. The molecule has 1 aliphatic heterocycles. The third kappa shape index (κ3) is 4.78. The first-order valence-electron chi connectivity index (χ1n) is 10.2. The average Bonchev–Trinajstić information content (AvgIpc) is 2.78. The Morgan fingerprint density at radius 1 is 0.750 bits per heavy atom. The molecule has 32 heavy (non-hydrogen) atoms. The van der Waals surface area contributed by atoms with E-state index in [4.69, 9.17) is 9.47 Å². The van der Waals surface area contributed by atoms with Crippen molar-refractivity contribution in [1.82, 2.24) is 8.61 Å². The molecule has 0 aromatic heterocycles. The molecule has 10 heteroatoms. The van der Waals surface area contributed by atoms with Gasteiger partial charge in [-0.25, -0.2) is 16.8 Å². The third-order valence-corrected chi connectivity index (χ3v) is 9.38. The molecule has 0 unspecified atom stereocenters. The van der Waals surface area contributed by atoms with Gasteiger partial charge in [0.25, 0.3) is 0 Å². The van der Waals surface area contributed by atoms with Crippen LogP contribution in [-0.2, 0) is 25.5 Å². The van der Waals surface area contributed by atoms with E-state index in [0.717, 1.165) is 5.56 Å². The van der Waals surface area contributed by atoms with Crippen LogP contribution in [-0.4, -0.2) is 65.8 Å². The number of hydrogen-bond acceptors (Lipinski definition) is 6. The highest BCUT2D eigenvalue weighted by Gasteiger charge is 2.35. The van der Waals surface area contributed by atoms with Crippen LogP contribution in [0.1, 0.15) is 26.3 Å². The minimum absolute atomic E-state index is 0.00609. The summed E-state index contributed by atoms with van der Waals surface area (Å²) in [6, 6.07) is 11.4. The first kappa shape index (κ1) is 24.5. The second-order valence-corrected chi connectivity index (χ2v) is 12.4. The highest BCUT2D eigenvalue weighted by molar-refractivity contribution is 7.89. The van der Waals surface area contributed by atoms with Gasteiger partial charge in [0.15, 0.2) is 0 Å². The fraction of sp³-hybridized carbons (Fsp3) is 0.455. The van der Waals surface area contributed by atoms with Crippen molar-refractivity contribution in [3.8, 4) is 11.5 Å². The van der Waals surface area contributed by atoms with Crippen LogP contribution < -0.4 is 9.47 Å². The lowest BCUT2D eigenvalue weighted by Gasteiger charge is -2.33. The molecule has 3 rings (SSSR count). The highest BCUT2D eigenvalue weighted by Crippen LogP contribution is 2.32. The van der Waals surface area contributed by atoms with Gasteiger partial charge in [-0.1, -0.05) is 32.9 Å². The molecule has 176 valence electrons. The number of methoxy groups -OCH3 is 2. The van der Waals surface area contributed by atoms with Crippen LogP contribution in [0.5, 0.6) is 11.5 Å². The van der Waals surface area contributed by atoms with Gasteiger partial charge in [-0.05, 0) is 35.2 Å². The molecule has 0 radical (unpaired) electrons. The molecular formula is C22H30N2O6S2. The van der Waals surface area contributed by atoms with Gasteiger partial charge in [0.05, 0.1) is 19.1 Å². The molecule has 0 spiro atoms. The largest absolute Gasteiger partial charge is 0.497 e. The SMILES string of the molecule is COc1ccc(OC)c(S(=O)(=O)N2CCN(S(=O)(=O)c3ccc(C(C)(C)C)cc3)CC2)c1. The summed E-state index contributed by atoms with van der Waals surface area (Å²) in [5, 5.41) is 0. The molecule has 0 saturated carbocycles. The Morgan fingerprint density at radius 2 is 1.28 bits per heavy atom. The van der Waals surface area contributed by atoms with Crippen LogP contribution in [0.3, 0.4) is 0 Å². The molecule has 0 amide bonds. The van der Waals surface area contributed by atoms with Crippen LogP contribution in [0.4, 0.5) is 0 Å². The number of benzene rings is 2. The smallest absolute Gasteiger partial charge is 0.246 e. The molecule has 0 bridgehead atoms. The van der Waals surface area contributed by atoms with Gasteiger partial charge in [-0.3, -0.25) is 0 Å². The lowest BCUT2D eigenvalue weighted by molar-refractivity contribution is 0.272. The van der Waals surface area contributed by atoms with Crippen LogP contribution >= 0.6 is 0 Å². The lowest BCUT2D eigenvalue weighted by Crippen LogP contribution is -2.50. The minimum Gasteiger partial charge on any atom is -0.497 e. The first-order chi connectivity index (χ1) is 14.9. The van der Waals surface area contributed by atoms with E-state index in [1.807, 2.05) is 12.1 Å². The zero-order valence-corrected chi connectivity index (χ0v) is 20.7. The standard InChI is InChI=1S/C22H30N2O6S2/c1-22(2,3)17-6-9-19(10-7-17)31(25,26)23-12-14-24(15-13-23)32(27,28)21-16-18(29-4)8-11-20(21)30-5/h6-11,16H,12-15H2,1-5H3. The first-order valence-corrected chi connectivity index (χ1v) is 13.1. The molecule has 2 aromatic carbocycles. The van der Waals surface area contributed by atoms with Gasteiger partial charge in [-0.15, -0.1) is 0 Å². The summed E-state index contributed by atoms with van der Waals surface area (Å²) in [6.45, 7) is 6.40. The quantitative estimate of drug-likeness (QED) is 0.629. The Kier molecular flexibility index (Phi) is 6.90. The predicted molar refractivity (Wildman–Crippen MR) is 122 cm³/mol. The van der Waals surface area contributed by atoms with E-state index in [1.165, 1.54) is 35.0 Å². The molecule has 1 heterocycles. The van der Waals surface area contributed by atoms with Crippen molar-refractivity contribution in [1.29, 1.82) is 0 Å². The van der Waals surface area contributed by atoms with Crippen molar-refractivity contribution >= 4 is 20.0 Å². The van der Waals surface area contributed by atoms with Gasteiger partial charge in [0.1, 0.15) is 16.4 Å². The fourth-order valence-corrected chi connectivity index (χ4v) is 6.57. The molecule has 0 N–H and O–H groups in total. The monoisotopic (exact) mass is 482 g/mol. The zero-order chi connectivity index (χ0) is 23.7. The Hall–Kier alpha value is -2.14. The van der Waals surface area contributed by atoms with Crippen molar-refractivity contribution in [2.45, 2.75) is 36.0 Å². The van der Waals surface area contributed by atoms with E-state index in [9.17, 15) is 16.8 Å². The molecule has 8 nitrogen and oxygen atoms in total. The Bertz CT molecular complexity index is 1160. The topological polar surface area (TPSA) is 93.2 Å².